The lowest BCUT2D eigenvalue weighted by Crippen LogP contribution is -2.39. The van der Waals surface area contributed by atoms with Crippen molar-refractivity contribution in [3.05, 3.63) is 53.2 Å². The number of hydrogen-bond acceptors (Lipinski definition) is 5. The number of hydrogen-bond donors (Lipinski definition) is 0. The molecule has 8 heteroatoms. The van der Waals surface area contributed by atoms with Gasteiger partial charge in [0, 0.05) is 34.8 Å². The molecule has 2 aromatic carbocycles. The van der Waals surface area contributed by atoms with Crippen LogP contribution in [0, 0.1) is 6.92 Å². The number of anilines is 1. The van der Waals surface area contributed by atoms with Crippen LogP contribution in [-0.2, 0) is 0 Å². The Kier molecular flexibility index (Phi) is 5.81. The molecular weight excluding hydrogens is 438 g/mol. The molecule has 4 aromatic rings. The highest BCUT2D eigenvalue weighted by molar-refractivity contribution is 6.30. The van der Waals surface area contributed by atoms with E-state index < -0.39 is 0 Å². The maximum Gasteiger partial charge on any atom is 0.257 e. The zero-order chi connectivity index (χ0) is 22.9. The zero-order valence-corrected chi connectivity index (χ0v) is 19.8. The number of methoxy groups -OCH3 is 2. The van der Waals surface area contributed by atoms with Gasteiger partial charge in [-0.25, -0.2) is 0 Å². The topological polar surface area (TPSA) is 65.5 Å². The van der Waals surface area contributed by atoms with Crippen molar-refractivity contribution < 1.29 is 14.0 Å². The van der Waals surface area contributed by atoms with Crippen molar-refractivity contribution in [2.75, 3.05) is 32.2 Å². The molecule has 0 bridgehead atoms. The van der Waals surface area contributed by atoms with Gasteiger partial charge in [0.15, 0.2) is 11.5 Å². The highest BCUT2D eigenvalue weighted by Crippen LogP contribution is 2.37. The molecule has 0 aliphatic carbocycles. The van der Waals surface area contributed by atoms with E-state index in [1.807, 2.05) is 47.9 Å². The SMILES string of the molecule is COc1cc2cc(C)[n+](-c3nnc(N4CCCCC4)[n-]3)c(-c3cccc(Cl)c3)c2cc1OC. The molecule has 33 heavy (non-hydrogen) atoms. The van der Waals surface area contributed by atoms with Gasteiger partial charge in [-0.05, 0) is 61.9 Å². The number of pyridine rings is 1. The first kappa shape index (κ1) is 21.5. The summed E-state index contributed by atoms with van der Waals surface area (Å²) in [7, 11) is 3.28. The molecule has 0 radical (unpaired) electrons. The standard InChI is InChI=1S/C25H26ClN5O2/c1-16-12-18-14-21(32-2)22(33-3)15-20(18)23(17-8-7-9-19(26)13-17)31(16)25-27-24(28-29-25)30-10-5-4-6-11-30/h7-9,12-15H,4-6,10-11H2,1-3H3. The fourth-order valence-electron chi connectivity index (χ4n) is 4.53. The van der Waals surface area contributed by atoms with Crippen molar-refractivity contribution in [3.8, 4) is 28.7 Å². The van der Waals surface area contributed by atoms with Crippen LogP contribution in [-0.4, -0.2) is 37.5 Å². The summed E-state index contributed by atoms with van der Waals surface area (Å²) in [5.74, 6) is 2.55. The van der Waals surface area contributed by atoms with E-state index in [0.29, 0.717) is 28.4 Å². The maximum absolute atomic E-state index is 6.39. The van der Waals surface area contributed by atoms with Gasteiger partial charge in [0.25, 0.3) is 5.95 Å². The lowest BCUT2D eigenvalue weighted by molar-refractivity contribution is -0.597. The van der Waals surface area contributed by atoms with Crippen molar-refractivity contribution in [2.45, 2.75) is 26.2 Å². The van der Waals surface area contributed by atoms with Crippen LogP contribution in [0.3, 0.4) is 0 Å². The van der Waals surface area contributed by atoms with Crippen LogP contribution in [0.1, 0.15) is 25.0 Å². The molecule has 3 heterocycles. The maximum atomic E-state index is 6.39. The molecule has 0 amide bonds. The monoisotopic (exact) mass is 463 g/mol. The number of benzene rings is 2. The zero-order valence-electron chi connectivity index (χ0n) is 19.0. The molecule has 1 aliphatic heterocycles. The molecule has 1 saturated heterocycles. The Labute approximate surface area is 197 Å². The summed E-state index contributed by atoms with van der Waals surface area (Å²) < 4.78 is 13.2. The number of nitrogens with zero attached hydrogens (tertiary/aromatic N) is 5. The molecule has 1 aliphatic rings. The van der Waals surface area contributed by atoms with Crippen LogP contribution in [0.5, 0.6) is 11.5 Å². The lowest BCUT2D eigenvalue weighted by atomic mass is 10.0. The Balaban J connectivity index is 1.77. The summed E-state index contributed by atoms with van der Waals surface area (Å²) in [5, 5.41) is 11.6. The first-order valence-electron chi connectivity index (χ1n) is 11.1. The molecule has 170 valence electrons. The third-order valence-corrected chi connectivity index (χ3v) is 6.35. The van der Waals surface area contributed by atoms with Crippen LogP contribution in [0.25, 0.3) is 28.0 Å². The second kappa shape index (κ2) is 8.90. The van der Waals surface area contributed by atoms with Crippen molar-refractivity contribution >= 4 is 28.3 Å². The van der Waals surface area contributed by atoms with Gasteiger partial charge in [-0.15, -0.1) is 10.2 Å². The Morgan fingerprint density at radius 2 is 1.73 bits per heavy atom. The number of aromatic nitrogens is 4. The fraction of sp³-hybridized carbons (Fsp3) is 0.320. The summed E-state index contributed by atoms with van der Waals surface area (Å²) in [6, 6.07) is 13.9. The van der Waals surface area contributed by atoms with Crippen LogP contribution in [0.2, 0.25) is 5.02 Å². The van der Waals surface area contributed by atoms with Crippen LogP contribution >= 0.6 is 11.6 Å². The van der Waals surface area contributed by atoms with E-state index in [1.165, 1.54) is 6.42 Å². The molecule has 0 unspecified atom stereocenters. The molecule has 1 fully saturated rings. The molecule has 5 rings (SSSR count). The van der Waals surface area contributed by atoms with Crippen molar-refractivity contribution in [3.63, 3.8) is 0 Å². The smallest absolute Gasteiger partial charge is 0.257 e. The van der Waals surface area contributed by atoms with Crippen LogP contribution in [0.15, 0.2) is 42.5 Å². The van der Waals surface area contributed by atoms with Crippen molar-refractivity contribution in [1.82, 2.24) is 15.2 Å². The molecule has 2 aromatic heterocycles. The number of rotatable bonds is 5. The first-order valence-corrected chi connectivity index (χ1v) is 11.5. The van der Waals surface area contributed by atoms with E-state index in [0.717, 1.165) is 53.7 Å². The minimum atomic E-state index is 0.541. The van der Waals surface area contributed by atoms with E-state index in [2.05, 4.69) is 21.2 Å². The number of fused-ring (bicyclic) bond motifs is 1. The van der Waals surface area contributed by atoms with E-state index in [-0.39, 0.29) is 0 Å². The quantitative estimate of drug-likeness (QED) is 0.406. The van der Waals surface area contributed by atoms with Gasteiger partial charge in [-0.1, -0.05) is 23.7 Å². The number of piperidine rings is 1. The lowest BCUT2D eigenvalue weighted by Gasteiger charge is -2.24. The number of ether oxygens (including phenoxy) is 2. The minimum absolute atomic E-state index is 0.541. The predicted molar refractivity (Wildman–Crippen MR) is 129 cm³/mol. The third kappa shape index (κ3) is 3.97. The summed E-state index contributed by atoms with van der Waals surface area (Å²) in [4.78, 5) is 7.05. The van der Waals surface area contributed by atoms with Gasteiger partial charge in [0.2, 0.25) is 5.95 Å². The molecule has 7 nitrogen and oxygen atoms in total. The summed E-state index contributed by atoms with van der Waals surface area (Å²) in [6.07, 6.45) is 3.56. The predicted octanol–water partition coefficient (Wildman–Crippen LogP) is 4.50. The summed E-state index contributed by atoms with van der Waals surface area (Å²) >= 11 is 6.39. The summed E-state index contributed by atoms with van der Waals surface area (Å²) in [5.41, 5.74) is 2.85. The Hall–Kier alpha value is -3.32. The molecule has 0 spiro atoms. The Morgan fingerprint density at radius 1 is 0.970 bits per heavy atom. The fourth-order valence-corrected chi connectivity index (χ4v) is 4.72. The highest BCUT2D eigenvalue weighted by Gasteiger charge is 2.21. The molecule has 0 saturated carbocycles. The average molecular weight is 464 g/mol. The van der Waals surface area contributed by atoms with Crippen LogP contribution in [0.4, 0.5) is 5.95 Å². The van der Waals surface area contributed by atoms with Crippen molar-refractivity contribution in [1.29, 1.82) is 0 Å². The van der Waals surface area contributed by atoms with Gasteiger partial charge in [0.05, 0.1) is 19.9 Å². The normalized spacial score (nSPS) is 14.0. The molecular formula is C25H26ClN5O2. The van der Waals surface area contributed by atoms with Crippen molar-refractivity contribution in [2.24, 2.45) is 0 Å². The van der Waals surface area contributed by atoms with Gasteiger partial charge in [0.1, 0.15) is 0 Å². The van der Waals surface area contributed by atoms with Gasteiger partial charge < -0.3 is 14.4 Å². The summed E-state index contributed by atoms with van der Waals surface area (Å²) in [6.45, 7) is 3.97. The second-order valence-electron chi connectivity index (χ2n) is 8.23. The average Bonchev–Trinajstić information content (AvgIpc) is 3.32. The Morgan fingerprint density at radius 3 is 2.45 bits per heavy atom. The number of aryl methyl sites for hydroxylation is 1. The molecule has 0 atom stereocenters. The van der Waals surface area contributed by atoms with E-state index >= 15 is 0 Å². The number of halogens is 1. The highest BCUT2D eigenvalue weighted by atomic mass is 35.5. The van der Waals surface area contributed by atoms with Gasteiger partial charge in [-0.2, -0.15) is 4.98 Å². The van der Waals surface area contributed by atoms with E-state index in [1.54, 1.807) is 14.2 Å². The Bertz CT molecular complexity index is 1310. The second-order valence-corrected chi connectivity index (χ2v) is 8.67. The minimum Gasteiger partial charge on any atom is -0.493 e. The van der Waals surface area contributed by atoms with Gasteiger partial charge >= 0.3 is 0 Å². The first-order chi connectivity index (χ1) is 16.1. The third-order valence-electron chi connectivity index (χ3n) is 6.12. The van der Waals surface area contributed by atoms with E-state index in [4.69, 9.17) is 26.1 Å². The largest absolute Gasteiger partial charge is 0.493 e. The van der Waals surface area contributed by atoms with Gasteiger partial charge in [-0.3, -0.25) is 4.57 Å². The van der Waals surface area contributed by atoms with E-state index in [9.17, 15) is 0 Å². The van der Waals surface area contributed by atoms with Crippen LogP contribution < -0.4 is 23.9 Å². The molecule has 0 N–H and O–H groups in total.